The van der Waals surface area contributed by atoms with E-state index in [4.69, 9.17) is 16.3 Å². The van der Waals surface area contributed by atoms with Crippen molar-refractivity contribution in [2.24, 2.45) is 0 Å². The topological polar surface area (TPSA) is 38.3 Å². The molecule has 0 atom stereocenters. The molecule has 100 valence electrons. The van der Waals surface area contributed by atoms with E-state index in [-0.39, 0.29) is 5.91 Å². The summed E-state index contributed by atoms with van der Waals surface area (Å²) in [5.74, 6) is 0.646. The molecule has 0 bridgehead atoms. The lowest BCUT2D eigenvalue weighted by Crippen LogP contribution is -2.11. The summed E-state index contributed by atoms with van der Waals surface area (Å²) in [5.41, 5.74) is 0.701. The number of hydrogen-bond donors (Lipinski definition) is 1. The average molecular weight is 335 g/mol. The van der Waals surface area contributed by atoms with Crippen LogP contribution >= 0.6 is 27.5 Å². The maximum Gasteiger partial charge on any atom is 0.224 e. The van der Waals surface area contributed by atoms with Crippen LogP contribution in [0.3, 0.4) is 0 Å². The molecule has 0 aliphatic heterocycles. The van der Waals surface area contributed by atoms with Gasteiger partial charge in [-0.05, 0) is 38.0 Å². The molecule has 1 aromatic rings. The van der Waals surface area contributed by atoms with Gasteiger partial charge in [0.05, 0.1) is 11.6 Å². The first kappa shape index (κ1) is 15.3. The number of carbonyl (C=O) groups is 1. The zero-order valence-electron chi connectivity index (χ0n) is 10.3. The van der Waals surface area contributed by atoms with Crippen molar-refractivity contribution in [3.05, 3.63) is 23.2 Å². The monoisotopic (exact) mass is 333 g/mol. The van der Waals surface area contributed by atoms with Gasteiger partial charge in [-0.25, -0.2) is 0 Å². The van der Waals surface area contributed by atoms with Crippen molar-refractivity contribution >= 4 is 39.1 Å². The summed E-state index contributed by atoms with van der Waals surface area (Å²) >= 11 is 9.37. The number of nitrogens with one attached hydrogen (secondary N) is 1. The van der Waals surface area contributed by atoms with Gasteiger partial charge in [-0.15, -0.1) is 0 Å². The first-order valence-electron chi connectivity index (χ1n) is 5.95. The van der Waals surface area contributed by atoms with Gasteiger partial charge >= 0.3 is 0 Å². The summed E-state index contributed by atoms with van der Waals surface area (Å²) in [5, 5.41) is 4.25. The van der Waals surface area contributed by atoms with Gasteiger partial charge in [-0.3, -0.25) is 4.79 Å². The molecule has 1 amide bonds. The molecule has 1 rings (SSSR count). The lowest BCUT2D eigenvalue weighted by atomic mass is 10.2. The van der Waals surface area contributed by atoms with Crippen LogP contribution in [0.25, 0.3) is 0 Å². The maximum absolute atomic E-state index is 11.6. The number of alkyl halides is 1. The van der Waals surface area contributed by atoms with Crippen molar-refractivity contribution in [3.8, 4) is 5.75 Å². The highest BCUT2D eigenvalue weighted by Crippen LogP contribution is 2.27. The van der Waals surface area contributed by atoms with Crippen LogP contribution in [0.15, 0.2) is 18.2 Å². The molecule has 0 aliphatic rings. The summed E-state index contributed by atoms with van der Waals surface area (Å²) < 4.78 is 5.33. The van der Waals surface area contributed by atoms with E-state index in [2.05, 4.69) is 21.2 Å². The average Bonchev–Trinajstić information content (AvgIpc) is 2.33. The molecule has 0 saturated carbocycles. The van der Waals surface area contributed by atoms with Crippen molar-refractivity contribution in [3.63, 3.8) is 0 Å². The first-order chi connectivity index (χ1) is 8.67. The van der Waals surface area contributed by atoms with Crippen LogP contribution in [0.5, 0.6) is 5.75 Å². The van der Waals surface area contributed by atoms with E-state index in [1.165, 1.54) is 0 Å². The van der Waals surface area contributed by atoms with Crippen LogP contribution in [0.2, 0.25) is 5.02 Å². The Hall–Kier alpha value is -0.740. The second kappa shape index (κ2) is 8.38. The fourth-order valence-electron chi connectivity index (χ4n) is 1.45. The van der Waals surface area contributed by atoms with E-state index in [0.717, 1.165) is 18.2 Å². The SMILES string of the molecule is CCOc1ccc(NC(=O)CCCCBr)cc1Cl. The van der Waals surface area contributed by atoms with Crippen molar-refractivity contribution < 1.29 is 9.53 Å². The van der Waals surface area contributed by atoms with Gasteiger partial charge < -0.3 is 10.1 Å². The minimum absolute atomic E-state index is 0.0103. The Morgan fingerprint density at radius 2 is 2.22 bits per heavy atom. The van der Waals surface area contributed by atoms with Gasteiger partial charge in [0.25, 0.3) is 0 Å². The van der Waals surface area contributed by atoms with Crippen LogP contribution in [0.4, 0.5) is 5.69 Å². The molecule has 1 N–H and O–H groups in total. The minimum Gasteiger partial charge on any atom is -0.492 e. The Bertz CT molecular complexity index is 399. The van der Waals surface area contributed by atoms with E-state index in [9.17, 15) is 4.79 Å². The lowest BCUT2D eigenvalue weighted by Gasteiger charge is -2.09. The Labute approximate surface area is 121 Å². The van der Waals surface area contributed by atoms with Gasteiger partial charge in [0, 0.05) is 17.4 Å². The van der Waals surface area contributed by atoms with E-state index in [1.54, 1.807) is 18.2 Å². The predicted octanol–water partition coefficient (Wildman–Crippen LogP) is 4.24. The summed E-state index contributed by atoms with van der Waals surface area (Å²) in [6.45, 7) is 2.47. The normalized spacial score (nSPS) is 10.2. The zero-order valence-corrected chi connectivity index (χ0v) is 12.7. The standard InChI is InChI=1S/C13H17BrClNO2/c1-2-18-12-7-6-10(9-11(12)15)16-13(17)5-3-4-8-14/h6-7,9H,2-5,8H2,1H3,(H,16,17). The van der Waals surface area contributed by atoms with Crippen LogP contribution in [0.1, 0.15) is 26.2 Å². The molecule has 0 fully saturated rings. The number of ether oxygens (including phenoxy) is 1. The molecule has 0 spiro atoms. The van der Waals surface area contributed by atoms with Gasteiger partial charge in [0.1, 0.15) is 5.75 Å². The zero-order chi connectivity index (χ0) is 13.4. The minimum atomic E-state index is 0.0103. The molecule has 0 aromatic heterocycles. The van der Waals surface area contributed by atoms with E-state index in [0.29, 0.717) is 29.5 Å². The third-order valence-electron chi connectivity index (χ3n) is 2.30. The summed E-state index contributed by atoms with van der Waals surface area (Å²) in [6.07, 6.45) is 2.40. The third kappa shape index (κ3) is 5.27. The molecule has 0 unspecified atom stereocenters. The van der Waals surface area contributed by atoms with E-state index in [1.807, 2.05) is 6.92 Å². The molecule has 1 aromatic carbocycles. The number of unbranched alkanes of at least 4 members (excludes halogenated alkanes) is 1. The molecule has 5 heteroatoms. The molecule has 0 aliphatic carbocycles. The number of hydrogen-bond acceptors (Lipinski definition) is 2. The number of anilines is 1. The molecule has 18 heavy (non-hydrogen) atoms. The second-order valence-electron chi connectivity index (χ2n) is 3.77. The number of benzene rings is 1. The van der Waals surface area contributed by atoms with Crippen LogP contribution < -0.4 is 10.1 Å². The number of halogens is 2. The molecular formula is C13H17BrClNO2. The van der Waals surface area contributed by atoms with E-state index < -0.39 is 0 Å². The Kier molecular flexibility index (Phi) is 7.13. The van der Waals surface area contributed by atoms with Gasteiger partial charge in [0.15, 0.2) is 0 Å². The summed E-state index contributed by atoms with van der Waals surface area (Å²) in [7, 11) is 0. The smallest absolute Gasteiger partial charge is 0.224 e. The van der Waals surface area contributed by atoms with Gasteiger partial charge in [-0.1, -0.05) is 27.5 Å². The molecular weight excluding hydrogens is 318 g/mol. The Morgan fingerprint density at radius 3 is 2.83 bits per heavy atom. The van der Waals surface area contributed by atoms with Crippen molar-refractivity contribution in [2.75, 3.05) is 17.3 Å². The largest absolute Gasteiger partial charge is 0.492 e. The maximum atomic E-state index is 11.6. The summed E-state index contributed by atoms with van der Waals surface area (Å²) in [4.78, 5) is 11.6. The van der Waals surface area contributed by atoms with Gasteiger partial charge in [-0.2, -0.15) is 0 Å². The summed E-state index contributed by atoms with van der Waals surface area (Å²) in [6, 6.07) is 5.26. The Morgan fingerprint density at radius 1 is 1.44 bits per heavy atom. The predicted molar refractivity (Wildman–Crippen MR) is 78.9 cm³/mol. The fraction of sp³-hybridized carbons (Fsp3) is 0.462. The van der Waals surface area contributed by atoms with Crippen LogP contribution in [-0.2, 0) is 4.79 Å². The third-order valence-corrected chi connectivity index (χ3v) is 3.16. The lowest BCUT2D eigenvalue weighted by molar-refractivity contribution is -0.116. The quantitative estimate of drug-likeness (QED) is 0.598. The molecule has 0 heterocycles. The number of rotatable bonds is 7. The molecule has 0 radical (unpaired) electrons. The highest BCUT2D eigenvalue weighted by Gasteiger charge is 2.05. The molecule has 3 nitrogen and oxygen atoms in total. The van der Waals surface area contributed by atoms with Crippen molar-refractivity contribution in [1.29, 1.82) is 0 Å². The van der Waals surface area contributed by atoms with Crippen LogP contribution in [0, 0.1) is 0 Å². The number of carbonyl (C=O) groups excluding carboxylic acids is 1. The highest BCUT2D eigenvalue weighted by molar-refractivity contribution is 9.09. The van der Waals surface area contributed by atoms with Crippen molar-refractivity contribution in [2.45, 2.75) is 26.2 Å². The second-order valence-corrected chi connectivity index (χ2v) is 4.97. The van der Waals surface area contributed by atoms with Crippen molar-refractivity contribution in [1.82, 2.24) is 0 Å². The van der Waals surface area contributed by atoms with Crippen LogP contribution in [-0.4, -0.2) is 17.8 Å². The first-order valence-corrected chi connectivity index (χ1v) is 7.45. The molecule has 0 saturated heterocycles. The van der Waals surface area contributed by atoms with Gasteiger partial charge in [0.2, 0.25) is 5.91 Å². The van der Waals surface area contributed by atoms with E-state index >= 15 is 0 Å². The Balaban J connectivity index is 2.52. The number of amides is 1. The highest BCUT2D eigenvalue weighted by atomic mass is 79.9. The fourth-order valence-corrected chi connectivity index (χ4v) is 2.09.